The van der Waals surface area contributed by atoms with E-state index in [1.165, 1.54) is 24.3 Å². The normalized spacial score (nSPS) is 16.5. The lowest BCUT2D eigenvalue weighted by Crippen LogP contribution is -2.58. The number of carboxylic acid groups (broad SMARTS) is 1. The molecule has 0 aromatic heterocycles. The number of benzene rings is 2. The minimum atomic E-state index is -1.29. The maximum Gasteiger partial charge on any atom is 0.335 e. The number of carbonyl (C=O) groups is 4. The highest BCUT2D eigenvalue weighted by Crippen LogP contribution is 2.22. The monoisotopic (exact) mass is 379 g/mol. The van der Waals surface area contributed by atoms with Crippen molar-refractivity contribution >= 4 is 29.5 Å². The summed E-state index contributed by atoms with van der Waals surface area (Å²) in [7, 11) is 0. The van der Waals surface area contributed by atoms with Crippen LogP contribution >= 0.6 is 0 Å². The first-order valence-electron chi connectivity index (χ1n) is 8.36. The molecule has 1 aliphatic rings. The predicted octanol–water partition coefficient (Wildman–Crippen LogP) is 2.21. The van der Waals surface area contributed by atoms with E-state index in [-0.39, 0.29) is 17.8 Å². The lowest BCUT2D eigenvalue weighted by molar-refractivity contribution is -0.141. The maximum atomic E-state index is 12.8. The molecular weight excluding hydrogens is 362 g/mol. The number of carbonyl (C=O) groups excluding carboxylic acids is 3. The van der Waals surface area contributed by atoms with E-state index < -0.39 is 29.7 Å². The number of anilines is 1. The Hall–Kier alpha value is -3.94. The van der Waals surface area contributed by atoms with E-state index in [0.29, 0.717) is 5.69 Å². The summed E-state index contributed by atoms with van der Waals surface area (Å²) in [5.41, 5.74) is 1.38. The van der Waals surface area contributed by atoms with Crippen molar-refractivity contribution in [3.05, 3.63) is 78.0 Å². The summed E-state index contributed by atoms with van der Waals surface area (Å²) in [6.45, 7) is 3.78. The Kier molecular flexibility index (Phi) is 5.21. The second kappa shape index (κ2) is 7.75. The van der Waals surface area contributed by atoms with Crippen LogP contribution in [0.5, 0.6) is 0 Å². The Morgan fingerprint density at radius 3 is 2.32 bits per heavy atom. The third-order valence-electron chi connectivity index (χ3n) is 4.22. The zero-order valence-corrected chi connectivity index (χ0v) is 14.7. The van der Waals surface area contributed by atoms with Gasteiger partial charge in [-0.05, 0) is 29.8 Å². The number of nitrogens with zero attached hydrogens (tertiary/aromatic N) is 1. The van der Waals surface area contributed by atoms with Crippen LogP contribution in [0.1, 0.15) is 15.9 Å². The van der Waals surface area contributed by atoms with E-state index in [4.69, 9.17) is 5.11 Å². The van der Waals surface area contributed by atoms with Crippen LogP contribution in [0.2, 0.25) is 0 Å². The van der Waals surface area contributed by atoms with Crippen LogP contribution in [0.4, 0.5) is 10.5 Å². The fraction of sp³-hybridized carbons (Fsp3) is 0.100. The summed E-state index contributed by atoms with van der Waals surface area (Å²) in [6.07, 6.45) is 0. The molecule has 2 aromatic rings. The molecule has 3 N–H and O–H groups in total. The Labute approximate surface area is 160 Å². The Bertz CT molecular complexity index is 954. The molecule has 28 heavy (non-hydrogen) atoms. The number of imide groups is 2. The van der Waals surface area contributed by atoms with E-state index in [2.05, 4.69) is 17.2 Å². The maximum absolute atomic E-state index is 12.8. The lowest BCUT2D eigenvalue weighted by atomic mass is 10.0. The summed E-state index contributed by atoms with van der Waals surface area (Å²) in [5.74, 6) is -3.81. The van der Waals surface area contributed by atoms with E-state index >= 15 is 0 Å². The molecule has 4 amide bonds. The first-order chi connectivity index (χ1) is 13.4. The SMILES string of the molecule is C=C(Nc1ccc(C(=O)O)cc1)[C@@H]1C(=O)NC(=O)N(Cc2ccccc2)C1=O. The first kappa shape index (κ1) is 18.8. The number of urea groups is 1. The molecule has 1 saturated heterocycles. The molecule has 0 saturated carbocycles. The van der Waals surface area contributed by atoms with Crippen LogP contribution in [0.15, 0.2) is 66.9 Å². The van der Waals surface area contributed by atoms with Gasteiger partial charge in [-0.25, -0.2) is 9.59 Å². The van der Waals surface area contributed by atoms with Gasteiger partial charge in [-0.1, -0.05) is 36.9 Å². The minimum absolute atomic E-state index is 0.0237. The highest BCUT2D eigenvalue weighted by atomic mass is 16.4. The molecule has 1 aliphatic heterocycles. The van der Waals surface area contributed by atoms with E-state index in [1.54, 1.807) is 24.3 Å². The second-order valence-electron chi connectivity index (χ2n) is 6.17. The molecule has 0 aliphatic carbocycles. The molecule has 0 spiro atoms. The Morgan fingerprint density at radius 1 is 1.07 bits per heavy atom. The topological polar surface area (TPSA) is 116 Å². The fourth-order valence-electron chi connectivity index (χ4n) is 2.79. The number of amides is 4. The van der Waals surface area contributed by atoms with E-state index in [0.717, 1.165) is 10.5 Å². The van der Waals surface area contributed by atoms with Crippen molar-refractivity contribution in [3.8, 4) is 0 Å². The molecule has 1 atom stereocenters. The molecule has 8 heteroatoms. The summed E-state index contributed by atoms with van der Waals surface area (Å²) >= 11 is 0. The molecule has 3 rings (SSSR count). The van der Waals surface area contributed by atoms with Crippen LogP contribution < -0.4 is 10.6 Å². The smallest absolute Gasteiger partial charge is 0.335 e. The third kappa shape index (κ3) is 3.90. The fourth-order valence-corrected chi connectivity index (χ4v) is 2.79. The first-order valence-corrected chi connectivity index (χ1v) is 8.36. The molecule has 0 bridgehead atoms. The van der Waals surface area contributed by atoms with Gasteiger partial charge in [-0.2, -0.15) is 0 Å². The van der Waals surface area contributed by atoms with Crippen LogP contribution in [0, 0.1) is 5.92 Å². The van der Waals surface area contributed by atoms with Gasteiger partial charge < -0.3 is 10.4 Å². The van der Waals surface area contributed by atoms with Gasteiger partial charge in [0.1, 0.15) is 0 Å². The van der Waals surface area contributed by atoms with Gasteiger partial charge in [0.25, 0.3) is 0 Å². The summed E-state index contributed by atoms with van der Waals surface area (Å²) < 4.78 is 0. The standard InChI is InChI=1S/C20H17N3O5/c1-12(21-15-9-7-14(8-10-15)19(26)27)16-17(24)22-20(28)23(18(16)25)11-13-5-3-2-4-6-13/h2-10,16,21H,1,11H2,(H,26,27)(H,22,24,28)/t16-/m1/s1. The number of carboxylic acids is 1. The van der Waals surface area contributed by atoms with Gasteiger partial charge in [0.2, 0.25) is 11.8 Å². The number of nitrogens with one attached hydrogen (secondary N) is 2. The second-order valence-corrected chi connectivity index (χ2v) is 6.17. The zero-order chi connectivity index (χ0) is 20.3. The summed E-state index contributed by atoms with van der Waals surface area (Å²) in [6, 6.07) is 13.9. The van der Waals surface area contributed by atoms with Crippen molar-refractivity contribution in [2.24, 2.45) is 5.92 Å². The van der Waals surface area contributed by atoms with Gasteiger partial charge >= 0.3 is 12.0 Å². The van der Waals surface area contributed by atoms with Crippen LogP contribution in [-0.4, -0.2) is 33.8 Å². The van der Waals surface area contributed by atoms with Gasteiger partial charge in [0, 0.05) is 11.4 Å². The molecule has 8 nitrogen and oxygen atoms in total. The molecule has 0 unspecified atom stereocenters. The van der Waals surface area contributed by atoms with Crippen molar-refractivity contribution in [2.75, 3.05) is 5.32 Å². The molecule has 2 aromatic carbocycles. The average molecular weight is 379 g/mol. The van der Waals surface area contributed by atoms with Crippen molar-refractivity contribution in [2.45, 2.75) is 6.54 Å². The van der Waals surface area contributed by atoms with Crippen LogP contribution in [-0.2, 0) is 16.1 Å². The number of aromatic carboxylic acids is 1. The lowest BCUT2D eigenvalue weighted by Gasteiger charge is -2.31. The average Bonchev–Trinajstić information content (AvgIpc) is 2.66. The Balaban J connectivity index is 1.76. The van der Waals surface area contributed by atoms with Crippen molar-refractivity contribution in [3.63, 3.8) is 0 Å². The van der Waals surface area contributed by atoms with Gasteiger partial charge in [-0.3, -0.25) is 19.8 Å². The van der Waals surface area contributed by atoms with Gasteiger partial charge in [0.05, 0.1) is 12.1 Å². The summed E-state index contributed by atoms with van der Waals surface area (Å²) in [4.78, 5) is 49.0. The highest BCUT2D eigenvalue weighted by Gasteiger charge is 2.42. The van der Waals surface area contributed by atoms with Crippen molar-refractivity contribution in [1.82, 2.24) is 10.2 Å². The van der Waals surface area contributed by atoms with Crippen molar-refractivity contribution in [1.29, 1.82) is 0 Å². The molecule has 1 fully saturated rings. The molecule has 142 valence electrons. The van der Waals surface area contributed by atoms with Gasteiger partial charge in [-0.15, -0.1) is 0 Å². The van der Waals surface area contributed by atoms with E-state index in [1.807, 2.05) is 6.07 Å². The molecule has 1 heterocycles. The number of hydrogen-bond acceptors (Lipinski definition) is 5. The minimum Gasteiger partial charge on any atom is -0.478 e. The quantitative estimate of drug-likeness (QED) is 0.663. The summed E-state index contributed by atoms with van der Waals surface area (Å²) in [5, 5.41) is 13.9. The zero-order valence-electron chi connectivity index (χ0n) is 14.7. The number of hydrogen-bond donors (Lipinski definition) is 3. The predicted molar refractivity (Wildman–Crippen MR) is 100 cm³/mol. The van der Waals surface area contributed by atoms with Crippen LogP contribution in [0.25, 0.3) is 0 Å². The Morgan fingerprint density at radius 2 is 1.71 bits per heavy atom. The van der Waals surface area contributed by atoms with Gasteiger partial charge in [0.15, 0.2) is 5.92 Å². The van der Waals surface area contributed by atoms with E-state index in [9.17, 15) is 19.2 Å². The largest absolute Gasteiger partial charge is 0.478 e. The molecule has 0 radical (unpaired) electrons. The highest BCUT2D eigenvalue weighted by molar-refractivity contribution is 6.17. The van der Waals surface area contributed by atoms with Crippen LogP contribution in [0.3, 0.4) is 0 Å². The number of barbiturate groups is 1. The molecular formula is C20H17N3O5. The number of rotatable bonds is 6. The van der Waals surface area contributed by atoms with Crippen molar-refractivity contribution < 1.29 is 24.3 Å². The third-order valence-corrected chi connectivity index (χ3v) is 4.22.